The summed E-state index contributed by atoms with van der Waals surface area (Å²) in [7, 11) is 0. The molecule has 0 aliphatic carbocycles. The van der Waals surface area contributed by atoms with Crippen LogP contribution in [-0.2, 0) is 9.53 Å². The Labute approximate surface area is 185 Å². The molecule has 3 aromatic carbocycles. The number of ether oxygens (including phenoxy) is 1. The van der Waals surface area contributed by atoms with Gasteiger partial charge in [0.25, 0.3) is 11.8 Å². The number of rotatable bonds is 6. The molecule has 3 aromatic rings. The van der Waals surface area contributed by atoms with Gasteiger partial charge in [-0.25, -0.2) is 9.80 Å². The van der Waals surface area contributed by atoms with E-state index in [2.05, 4.69) is 10.4 Å². The van der Waals surface area contributed by atoms with Crippen molar-refractivity contribution in [2.75, 3.05) is 18.5 Å². The predicted octanol–water partition coefficient (Wildman–Crippen LogP) is 3.73. The summed E-state index contributed by atoms with van der Waals surface area (Å²) in [6, 6.07) is 24.8. The molecule has 2 amide bonds. The SMILES string of the molecule is O=C(Nc1ccccc1C(=O)OCC(=O)N1CCC(c2ccccc2)=N1)c1ccccc1. The van der Waals surface area contributed by atoms with E-state index in [1.54, 1.807) is 42.5 Å². The van der Waals surface area contributed by atoms with Crippen LogP contribution < -0.4 is 5.32 Å². The lowest BCUT2D eigenvalue weighted by Crippen LogP contribution is -2.29. The number of hydrogen-bond acceptors (Lipinski definition) is 5. The van der Waals surface area contributed by atoms with Gasteiger partial charge < -0.3 is 10.1 Å². The minimum Gasteiger partial charge on any atom is -0.452 e. The summed E-state index contributed by atoms with van der Waals surface area (Å²) in [6.07, 6.45) is 0.637. The highest BCUT2D eigenvalue weighted by molar-refractivity contribution is 6.08. The van der Waals surface area contributed by atoms with E-state index >= 15 is 0 Å². The summed E-state index contributed by atoms with van der Waals surface area (Å²) >= 11 is 0. The first kappa shape index (κ1) is 21.0. The molecule has 0 saturated heterocycles. The number of hydrogen-bond donors (Lipinski definition) is 1. The van der Waals surface area contributed by atoms with Crippen LogP contribution in [0.15, 0.2) is 90.0 Å². The van der Waals surface area contributed by atoms with Crippen molar-refractivity contribution in [2.24, 2.45) is 5.10 Å². The highest BCUT2D eigenvalue weighted by Gasteiger charge is 2.23. The summed E-state index contributed by atoms with van der Waals surface area (Å²) in [4.78, 5) is 37.5. The van der Waals surface area contributed by atoms with Crippen LogP contribution in [0.2, 0.25) is 0 Å². The Morgan fingerprint density at radius 2 is 1.53 bits per heavy atom. The normalized spacial score (nSPS) is 12.8. The van der Waals surface area contributed by atoms with Gasteiger partial charge >= 0.3 is 5.97 Å². The van der Waals surface area contributed by atoms with Crippen molar-refractivity contribution in [1.29, 1.82) is 0 Å². The molecule has 7 nitrogen and oxygen atoms in total. The number of carbonyl (C=O) groups excluding carboxylic acids is 3. The smallest absolute Gasteiger partial charge is 0.340 e. The van der Waals surface area contributed by atoms with Gasteiger partial charge in [0, 0.05) is 12.0 Å². The van der Waals surface area contributed by atoms with Gasteiger partial charge in [-0.2, -0.15) is 5.10 Å². The monoisotopic (exact) mass is 427 g/mol. The average Bonchev–Trinajstić information content (AvgIpc) is 3.34. The Balaban J connectivity index is 1.38. The Morgan fingerprint density at radius 1 is 0.875 bits per heavy atom. The van der Waals surface area contributed by atoms with E-state index in [9.17, 15) is 14.4 Å². The first-order valence-electron chi connectivity index (χ1n) is 10.2. The van der Waals surface area contributed by atoms with Crippen LogP contribution in [0, 0.1) is 0 Å². The second kappa shape index (κ2) is 9.70. The molecule has 0 bridgehead atoms. The van der Waals surface area contributed by atoms with E-state index < -0.39 is 18.5 Å². The maximum absolute atomic E-state index is 12.6. The van der Waals surface area contributed by atoms with E-state index in [-0.39, 0.29) is 11.5 Å². The zero-order valence-electron chi connectivity index (χ0n) is 17.2. The third-order valence-electron chi connectivity index (χ3n) is 4.95. The highest BCUT2D eigenvalue weighted by Crippen LogP contribution is 2.18. The van der Waals surface area contributed by atoms with Crippen molar-refractivity contribution in [3.63, 3.8) is 0 Å². The average molecular weight is 427 g/mol. The van der Waals surface area contributed by atoms with Crippen molar-refractivity contribution in [1.82, 2.24) is 5.01 Å². The van der Waals surface area contributed by atoms with Gasteiger partial charge in [0.1, 0.15) is 0 Å². The van der Waals surface area contributed by atoms with E-state index in [0.29, 0.717) is 24.2 Å². The fraction of sp³-hybridized carbons (Fsp3) is 0.120. The summed E-state index contributed by atoms with van der Waals surface area (Å²) in [5.41, 5.74) is 2.72. The van der Waals surface area contributed by atoms with Gasteiger partial charge in [0.05, 0.1) is 23.5 Å². The van der Waals surface area contributed by atoms with Crippen molar-refractivity contribution >= 4 is 29.2 Å². The Hall–Kier alpha value is -4.26. The molecule has 0 aromatic heterocycles. The standard InChI is InChI=1S/C25H21N3O4/c29-23(28-16-15-21(27-28)18-9-3-1-4-10-18)17-32-25(31)20-13-7-8-14-22(20)26-24(30)19-11-5-2-6-12-19/h1-14H,15-17H2,(H,26,30). The molecular weight excluding hydrogens is 406 g/mol. The fourth-order valence-corrected chi connectivity index (χ4v) is 3.30. The molecule has 1 aliphatic heterocycles. The lowest BCUT2D eigenvalue weighted by molar-refractivity contribution is -0.134. The number of hydrazone groups is 1. The van der Waals surface area contributed by atoms with Gasteiger partial charge in [0.2, 0.25) is 0 Å². The largest absolute Gasteiger partial charge is 0.452 e. The molecule has 0 atom stereocenters. The number of carbonyl (C=O) groups is 3. The van der Waals surface area contributed by atoms with Crippen LogP contribution in [0.5, 0.6) is 0 Å². The zero-order valence-corrected chi connectivity index (χ0v) is 17.2. The molecule has 0 radical (unpaired) electrons. The number of nitrogens with one attached hydrogen (secondary N) is 1. The molecule has 4 rings (SSSR count). The predicted molar refractivity (Wildman–Crippen MR) is 120 cm³/mol. The number of amides is 2. The van der Waals surface area contributed by atoms with Gasteiger partial charge in [-0.05, 0) is 29.8 Å². The summed E-state index contributed by atoms with van der Waals surface area (Å²) in [6.45, 7) is -0.00427. The molecule has 160 valence electrons. The molecule has 1 heterocycles. The third-order valence-corrected chi connectivity index (χ3v) is 4.95. The molecule has 0 spiro atoms. The molecule has 0 fully saturated rings. The lowest BCUT2D eigenvalue weighted by Gasteiger charge is -2.13. The topological polar surface area (TPSA) is 88.1 Å². The number of nitrogens with zero attached hydrogens (tertiary/aromatic N) is 2. The Bertz CT molecular complexity index is 1160. The van der Waals surface area contributed by atoms with Crippen LogP contribution in [0.3, 0.4) is 0 Å². The van der Waals surface area contributed by atoms with Crippen LogP contribution in [0.1, 0.15) is 32.7 Å². The van der Waals surface area contributed by atoms with E-state index in [4.69, 9.17) is 4.74 Å². The van der Waals surface area contributed by atoms with Gasteiger partial charge in [-0.1, -0.05) is 60.7 Å². The van der Waals surface area contributed by atoms with E-state index in [1.165, 1.54) is 11.1 Å². The van der Waals surface area contributed by atoms with Crippen LogP contribution in [-0.4, -0.2) is 41.7 Å². The van der Waals surface area contributed by atoms with Crippen molar-refractivity contribution in [3.05, 3.63) is 102 Å². The van der Waals surface area contributed by atoms with Crippen LogP contribution >= 0.6 is 0 Å². The van der Waals surface area contributed by atoms with Crippen LogP contribution in [0.4, 0.5) is 5.69 Å². The third kappa shape index (κ3) is 4.89. The quantitative estimate of drug-likeness (QED) is 0.607. The second-order valence-corrected chi connectivity index (χ2v) is 7.12. The van der Waals surface area contributed by atoms with Crippen LogP contribution in [0.25, 0.3) is 0 Å². The van der Waals surface area contributed by atoms with Crippen molar-refractivity contribution < 1.29 is 19.1 Å². The number of para-hydroxylation sites is 1. The maximum Gasteiger partial charge on any atom is 0.340 e. The second-order valence-electron chi connectivity index (χ2n) is 7.12. The Kier molecular flexibility index (Phi) is 6.36. The first-order chi connectivity index (χ1) is 15.6. The molecular formula is C25H21N3O4. The summed E-state index contributed by atoms with van der Waals surface area (Å²) < 4.78 is 5.22. The summed E-state index contributed by atoms with van der Waals surface area (Å²) in [5.74, 6) is -1.45. The molecule has 1 N–H and O–H groups in total. The molecule has 0 unspecified atom stereocenters. The molecule has 32 heavy (non-hydrogen) atoms. The van der Waals surface area contributed by atoms with E-state index in [1.807, 2.05) is 36.4 Å². The molecule has 1 aliphatic rings. The Morgan fingerprint density at radius 3 is 2.28 bits per heavy atom. The minimum absolute atomic E-state index is 0.166. The number of benzene rings is 3. The van der Waals surface area contributed by atoms with Crippen molar-refractivity contribution in [3.8, 4) is 0 Å². The molecule has 0 saturated carbocycles. The zero-order chi connectivity index (χ0) is 22.3. The molecule has 7 heteroatoms. The van der Waals surface area contributed by atoms with E-state index in [0.717, 1.165) is 11.3 Å². The fourth-order valence-electron chi connectivity index (χ4n) is 3.30. The van der Waals surface area contributed by atoms with Crippen molar-refractivity contribution in [2.45, 2.75) is 6.42 Å². The highest BCUT2D eigenvalue weighted by atomic mass is 16.5. The maximum atomic E-state index is 12.6. The van der Waals surface area contributed by atoms with Gasteiger partial charge in [-0.15, -0.1) is 0 Å². The number of anilines is 1. The number of esters is 1. The first-order valence-corrected chi connectivity index (χ1v) is 10.2. The van der Waals surface area contributed by atoms with Gasteiger partial charge in [0.15, 0.2) is 6.61 Å². The summed E-state index contributed by atoms with van der Waals surface area (Å²) in [5, 5.41) is 8.39. The minimum atomic E-state index is -0.700. The lowest BCUT2D eigenvalue weighted by atomic mass is 10.1. The van der Waals surface area contributed by atoms with Gasteiger partial charge in [-0.3, -0.25) is 9.59 Å².